The van der Waals surface area contributed by atoms with Gasteiger partial charge in [-0.25, -0.2) is 0 Å². The number of thiophene rings is 1. The summed E-state index contributed by atoms with van der Waals surface area (Å²) in [4.78, 5) is 0. The van der Waals surface area contributed by atoms with E-state index < -0.39 is 0 Å². The first-order chi connectivity index (χ1) is 4.38. The highest BCUT2D eigenvalue weighted by Crippen LogP contribution is 2.23. The van der Waals surface area contributed by atoms with Crippen LogP contribution in [-0.4, -0.2) is 7.11 Å². The summed E-state index contributed by atoms with van der Waals surface area (Å²) in [5.41, 5.74) is 0.613. The Balaban J connectivity index is 3.02. The van der Waals surface area contributed by atoms with Crippen LogP contribution in [0.4, 0.5) is 0 Å². The molecular formula is C6H5NOS. The van der Waals surface area contributed by atoms with E-state index in [0.717, 1.165) is 0 Å². The lowest BCUT2D eigenvalue weighted by atomic mass is 10.4. The SMILES string of the molecule is COc1sccc1C#N. The minimum Gasteiger partial charge on any atom is -0.486 e. The summed E-state index contributed by atoms with van der Waals surface area (Å²) in [7, 11) is 1.56. The molecule has 0 aliphatic heterocycles. The van der Waals surface area contributed by atoms with Gasteiger partial charge in [0.25, 0.3) is 0 Å². The average Bonchev–Trinajstić information content (AvgIpc) is 2.33. The maximum Gasteiger partial charge on any atom is 0.191 e. The topological polar surface area (TPSA) is 33.0 Å². The lowest BCUT2D eigenvalue weighted by Crippen LogP contribution is -1.79. The molecular weight excluding hydrogens is 134 g/mol. The summed E-state index contributed by atoms with van der Waals surface area (Å²) in [6.07, 6.45) is 0. The van der Waals surface area contributed by atoms with E-state index in [2.05, 4.69) is 0 Å². The molecule has 0 aliphatic carbocycles. The Hall–Kier alpha value is -1.01. The zero-order chi connectivity index (χ0) is 6.69. The van der Waals surface area contributed by atoms with Crippen LogP contribution < -0.4 is 4.74 Å². The molecule has 1 rings (SSSR count). The van der Waals surface area contributed by atoms with Gasteiger partial charge >= 0.3 is 0 Å². The fourth-order valence-corrected chi connectivity index (χ4v) is 1.20. The van der Waals surface area contributed by atoms with Gasteiger partial charge in [0.1, 0.15) is 11.6 Å². The number of methoxy groups -OCH3 is 1. The number of hydrogen-bond donors (Lipinski definition) is 0. The molecule has 1 heterocycles. The molecule has 0 N–H and O–H groups in total. The van der Waals surface area contributed by atoms with Gasteiger partial charge in [0.2, 0.25) is 0 Å². The Morgan fingerprint density at radius 3 is 3.00 bits per heavy atom. The second-order valence-electron chi connectivity index (χ2n) is 1.44. The van der Waals surface area contributed by atoms with Gasteiger partial charge in [-0.1, -0.05) is 0 Å². The molecule has 0 saturated carbocycles. The molecule has 0 bridgehead atoms. The van der Waals surface area contributed by atoms with E-state index in [-0.39, 0.29) is 0 Å². The van der Waals surface area contributed by atoms with Gasteiger partial charge < -0.3 is 4.74 Å². The van der Waals surface area contributed by atoms with Gasteiger partial charge in [0.15, 0.2) is 5.06 Å². The van der Waals surface area contributed by atoms with Crippen LogP contribution in [0.2, 0.25) is 0 Å². The predicted octanol–water partition coefficient (Wildman–Crippen LogP) is 1.63. The average molecular weight is 139 g/mol. The zero-order valence-electron chi connectivity index (χ0n) is 4.92. The molecule has 0 amide bonds. The largest absolute Gasteiger partial charge is 0.486 e. The number of nitrogens with zero attached hydrogens (tertiary/aromatic N) is 1. The quantitative estimate of drug-likeness (QED) is 0.592. The zero-order valence-corrected chi connectivity index (χ0v) is 5.73. The van der Waals surface area contributed by atoms with Crippen molar-refractivity contribution in [2.75, 3.05) is 7.11 Å². The van der Waals surface area contributed by atoms with Crippen molar-refractivity contribution in [1.82, 2.24) is 0 Å². The van der Waals surface area contributed by atoms with Crippen LogP contribution in [0.1, 0.15) is 5.56 Å². The van der Waals surface area contributed by atoms with Gasteiger partial charge in [-0.15, -0.1) is 11.3 Å². The summed E-state index contributed by atoms with van der Waals surface area (Å²) in [6, 6.07) is 3.75. The third kappa shape index (κ3) is 1.03. The van der Waals surface area contributed by atoms with E-state index >= 15 is 0 Å². The maximum absolute atomic E-state index is 8.42. The second kappa shape index (κ2) is 2.51. The van der Waals surface area contributed by atoms with Gasteiger partial charge in [0, 0.05) is 0 Å². The Morgan fingerprint density at radius 1 is 1.78 bits per heavy atom. The minimum absolute atomic E-state index is 0.613. The van der Waals surface area contributed by atoms with E-state index in [1.807, 2.05) is 11.4 Å². The van der Waals surface area contributed by atoms with Crippen LogP contribution in [0.3, 0.4) is 0 Å². The maximum atomic E-state index is 8.42. The van der Waals surface area contributed by atoms with Gasteiger partial charge in [-0.3, -0.25) is 0 Å². The Kier molecular flexibility index (Phi) is 1.71. The van der Waals surface area contributed by atoms with Gasteiger partial charge in [-0.2, -0.15) is 5.26 Å². The number of rotatable bonds is 1. The number of hydrogen-bond acceptors (Lipinski definition) is 3. The fraction of sp³-hybridized carbons (Fsp3) is 0.167. The van der Waals surface area contributed by atoms with E-state index in [4.69, 9.17) is 10.00 Å². The van der Waals surface area contributed by atoms with Crippen LogP contribution in [-0.2, 0) is 0 Å². The van der Waals surface area contributed by atoms with Crippen LogP contribution in [0, 0.1) is 11.3 Å². The molecule has 0 aliphatic rings. The van der Waals surface area contributed by atoms with Crippen molar-refractivity contribution in [3.8, 4) is 11.1 Å². The smallest absolute Gasteiger partial charge is 0.191 e. The third-order valence-electron chi connectivity index (χ3n) is 0.936. The molecule has 9 heavy (non-hydrogen) atoms. The summed E-state index contributed by atoms with van der Waals surface area (Å²) < 4.78 is 4.87. The first-order valence-electron chi connectivity index (χ1n) is 2.40. The van der Waals surface area contributed by atoms with Crippen molar-refractivity contribution in [3.05, 3.63) is 17.0 Å². The van der Waals surface area contributed by atoms with E-state index in [1.54, 1.807) is 13.2 Å². The second-order valence-corrected chi connectivity index (χ2v) is 2.32. The first kappa shape index (κ1) is 6.12. The van der Waals surface area contributed by atoms with E-state index in [1.165, 1.54) is 11.3 Å². The Bertz CT molecular complexity index is 235. The lowest BCUT2D eigenvalue weighted by Gasteiger charge is -1.90. The van der Waals surface area contributed by atoms with Crippen molar-refractivity contribution in [2.45, 2.75) is 0 Å². The lowest BCUT2D eigenvalue weighted by molar-refractivity contribution is 0.426. The molecule has 0 atom stereocenters. The highest BCUT2D eigenvalue weighted by Gasteiger charge is 1.99. The van der Waals surface area contributed by atoms with E-state index in [9.17, 15) is 0 Å². The monoisotopic (exact) mass is 139 g/mol. The molecule has 3 heteroatoms. The first-order valence-corrected chi connectivity index (χ1v) is 3.28. The van der Waals surface area contributed by atoms with Gasteiger partial charge in [0.05, 0.1) is 7.11 Å². The molecule has 2 nitrogen and oxygen atoms in total. The van der Waals surface area contributed by atoms with Crippen LogP contribution in [0.15, 0.2) is 11.4 Å². The van der Waals surface area contributed by atoms with Crippen LogP contribution in [0.25, 0.3) is 0 Å². The Labute approximate surface area is 57.3 Å². The molecule has 0 unspecified atom stereocenters. The number of nitriles is 1. The van der Waals surface area contributed by atoms with Crippen molar-refractivity contribution >= 4 is 11.3 Å². The molecule has 46 valence electrons. The molecule has 0 fully saturated rings. The molecule has 0 spiro atoms. The molecule has 0 saturated heterocycles. The van der Waals surface area contributed by atoms with Crippen LogP contribution >= 0.6 is 11.3 Å². The normalized spacial score (nSPS) is 8.44. The summed E-state index contributed by atoms with van der Waals surface area (Å²) in [6.45, 7) is 0. The molecule has 0 radical (unpaired) electrons. The highest BCUT2D eigenvalue weighted by atomic mass is 32.1. The summed E-state index contributed by atoms with van der Waals surface area (Å²) in [5.74, 6) is 0. The molecule has 1 aromatic rings. The highest BCUT2D eigenvalue weighted by molar-refractivity contribution is 7.12. The minimum atomic E-state index is 0.613. The molecule has 1 aromatic heterocycles. The van der Waals surface area contributed by atoms with Gasteiger partial charge in [-0.05, 0) is 11.4 Å². The third-order valence-corrected chi connectivity index (χ3v) is 1.81. The number of ether oxygens (including phenoxy) is 1. The van der Waals surface area contributed by atoms with E-state index in [0.29, 0.717) is 10.6 Å². The Morgan fingerprint density at radius 2 is 2.56 bits per heavy atom. The van der Waals surface area contributed by atoms with Crippen LogP contribution in [0.5, 0.6) is 5.06 Å². The summed E-state index contributed by atoms with van der Waals surface area (Å²) in [5, 5.41) is 10.9. The fourth-order valence-electron chi connectivity index (χ4n) is 0.536. The van der Waals surface area contributed by atoms with Crippen molar-refractivity contribution in [2.24, 2.45) is 0 Å². The molecule has 0 aromatic carbocycles. The van der Waals surface area contributed by atoms with Crippen molar-refractivity contribution in [3.63, 3.8) is 0 Å². The summed E-state index contributed by atoms with van der Waals surface area (Å²) >= 11 is 1.43. The predicted molar refractivity (Wildman–Crippen MR) is 35.6 cm³/mol. The standard InChI is InChI=1S/C6H5NOS/c1-8-6-5(4-7)2-3-9-6/h2-3H,1H3. The van der Waals surface area contributed by atoms with Crippen molar-refractivity contribution < 1.29 is 4.74 Å². The van der Waals surface area contributed by atoms with Crippen molar-refractivity contribution in [1.29, 1.82) is 5.26 Å².